The highest BCUT2D eigenvalue weighted by molar-refractivity contribution is 7.99. The summed E-state index contributed by atoms with van der Waals surface area (Å²) in [5.74, 6) is 2.29. The minimum Gasteiger partial charge on any atom is -0.493 e. The zero-order chi connectivity index (χ0) is 20.0. The number of carbonyl (C=O) groups is 2. The summed E-state index contributed by atoms with van der Waals surface area (Å²) in [6.07, 6.45) is 1.43. The first kappa shape index (κ1) is 20.8. The highest BCUT2D eigenvalue weighted by atomic mass is 32.2. The molecular weight excluding hydrogens is 376 g/mol. The summed E-state index contributed by atoms with van der Waals surface area (Å²) in [5.41, 5.74) is -0.0146. The van der Waals surface area contributed by atoms with E-state index in [9.17, 15) is 9.59 Å². The maximum Gasteiger partial charge on any atom is 0.410 e. The maximum absolute atomic E-state index is 12.4. The Morgan fingerprint density at radius 3 is 2.68 bits per heavy atom. The predicted octanol–water partition coefficient (Wildman–Crippen LogP) is 3.27. The fourth-order valence-electron chi connectivity index (χ4n) is 3.60. The van der Waals surface area contributed by atoms with E-state index in [-0.39, 0.29) is 23.5 Å². The first-order valence-electron chi connectivity index (χ1n) is 9.91. The molecule has 0 unspecified atom stereocenters. The van der Waals surface area contributed by atoms with Crippen LogP contribution >= 0.6 is 11.8 Å². The average molecular weight is 407 g/mol. The van der Waals surface area contributed by atoms with Crippen LogP contribution in [0.1, 0.15) is 26.7 Å². The van der Waals surface area contributed by atoms with E-state index in [2.05, 4.69) is 13.8 Å². The first-order chi connectivity index (χ1) is 13.4. The lowest BCUT2D eigenvalue weighted by Crippen LogP contribution is -2.55. The zero-order valence-corrected chi connectivity index (χ0v) is 17.6. The summed E-state index contributed by atoms with van der Waals surface area (Å²) in [5, 5.41) is 0. The van der Waals surface area contributed by atoms with Crippen LogP contribution in [0.25, 0.3) is 0 Å². The lowest BCUT2D eigenvalue weighted by molar-refractivity contribution is -0.130. The molecule has 2 saturated heterocycles. The summed E-state index contributed by atoms with van der Waals surface area (Å²) in [6.45, 7) is 7.43. The third-order valence-corrected chi connectivity index (χ3v) is 6.05. The molecule has 0 aromatic heterocycles. The van der Waals surface area contributed by atoms with Crippen molar-refractivity contribution in [2.75, 3.05) is 44.4 Å². The van der Waals surface area contributed by atoms with Crippen molar-refractivity contribution in [3.63, 3.8) is 0 Å². The predicted molar refractivity (Wildman–Crippen MR) is 111 cm³/mol. The van der Waals surface area contributed by atoms with Crippen LogP contribution in [0.4, 0.5) is 4.79 Å². The van der Waals surface area contributed by atoms with Gasteiger partial charge in [0.15, 0.2) is 0 Å². The molecule has 1 aromatic rings. The minimum absolute atomic E-state index is 0.0146. The van der Waals surface area contributed by atoms with Crippen molar-refractivity contribution in [1.29, 1.82) is 0 Å². The van der Waals surface area contributed by atoms with Crippen LogP contribution in [0.2, 0.25) is 0 Å². The number of benzene rings is 1. The molecule has 0 aliphatic carbocycles. The van der Waals surface area contributed by atoms with Gasteiger partial charge in [-0.15, -0.1) is 11.8 Å². The van der Waals surface area contributed by atoms with Gasteiger partial charge in [-0.05, 0) is 25.0 Å². The molecule has 0 saturated carbocycles. The number of nitrogens with zero attached hydrogens (tertiary/aromatic N) is 2. The van der Waals surface area contributed by atoms with Gasteiger partial charge in [-0.3, -0.25) is 4.79 Å². The first-order valence-corrected chi connectivity index (χ1v) is 11.1. The van der Waals surface area contributed by atoms with Crippen LogP contribution in [-0.4, -0.2) is 72.2 Å². The molecule has 3 rings (SSSR count). The van der Waals surface area contributed by atoms with Crippen molar-refractivity contribution in [2.24, 2.45) is 5.41 Å². The molecule has 0 bridgehead atoms. The van der Waals surface area contributed by atoms with Gasteiger partial charge in [-0.2, -0.15) is 0 Å². The fourth-order valence-corrected chi connectivity index (χ4v) is 4.31. The highest BCUT2D eigenvalue weighted by Crippen LogP contribution is 2.28. The summed E-state index contributed by atoms with van der Waals surface area (Å²) in [4.78, 5) is 28.3. The molecule has 2 aliphatic heterocycles. The van der Waals surface area contributed by atoms with Crippen molar-refractivity contribution in [3.8, 4) is 5.75 Å². The van der Waals surface area contributed by atoms with E-state index in [0.717, 1.165) is 30.9 Å². The average Bonchev–Trinajstić information content (AvgIpc) is 2.70. The maximum atomic E-state index is 12.4. The van der Waals surface area contributed by atoms with Crippen LogP contribution in [0.5, 0.6) is 5.75 Å². The third kappa shape index (κ3) is 5.80. The zero-order valence-electron chi connectivity index (χ0n) is 16.8. The molecule has 2 aliphatic rings. The van der Waals surface area contributed by atoms with Gasteiger partial charge in [-0.25, -0.2) is 4.79 Å². The van der Waals surface area contributed by atoms with Crippen molar-refractivity contribution in [1.82, 2.24) is 9.80 Å². The van der Waals surface area contributed by atoms with Crippen LogP contribution in [-0.2, 0) is 9.53 Å². The van der Waals surface area contributed by atoms with E-state index in [1.54, 1.807) is 11.8 Å². The topological polar surface area (TPSA) is 59.1 Å². The van der Waals surface area contributed by atoms with E-state index in [4.69, 9.17) is 9.47 Å². The van der Waals surface area contributed by atoms with Crippen molar-refractivity contribution < 1.29 is 19.1 Å². The van der Waals surface area contributed by atoms with Gasteiger partial charge in [0.25, 0.3) is 0 Å². The molecular formula is C21H30N2O4S. The second-order valence-corrected chi connectivity index (χ2v) is 9.28. The summed E-state index contributed by atoms with van der Waals surface area (Å²) in [6, 6.07) is 9.88. The van der Waals surface area contributed by atoms with E-state index in [1.165, 1.54) is 0 Å². The van der Waals surface area contributed by atoms with Gasteiger partial charge in [0.1, 0.15) is 5.75 Å². The number of carbonyl (C=O) groups excluding carboxylic acids is 2. The number of rotatable bonds is 7. The molecule has 2 amide bonds. The summed E-state index contributed by atoms with van der Waals surface area (Å²) in [7, 11) is 0. The van der Waals surface area contributed by atoms with E-state index >= 15 is 0 Å². The Kier molecular flexibility index (Phi) is 7.10. The number of hydrogen-bond acceptors (Lipinski definition) is 5. The second kappa shape index (κ2) is 9.54. The number of thioether (sulfide) groups is 1. The Morgan fingerprint density at radius 1 is 1.25 bits per heavy atom. The Bertz CT molecular complexity index is 660. The van der Waals surface area contributed by atoms with Gasteiger partial charge in [0.2, 0.25) is 5.91 Å². The quantitative estimate of drug-likeness (QED) is 0.651. The lowest BCUT2D eigenvalue weighted by atomic mass is 9.91. The highest BCUT2D eigenvalue weighted by Gasteiger charge is 2.38. The molecule has 2 fully saturated rings. The molecule has 154 valence electrons. The monoisotopic (exact) mass is 406 g/mol. The molecule has 0 N–H and O–H groups in total. The number of piperidine rings is 1. The van der Waals surface area contributed by atoms with Crippen LogP contribution in [0, 0.1) is 5.41 Å². The van der Waals surface area contributed by atoms with E-state index < -0.39 is 0 Å². The Hall–Kier alpha value is -1.89. The lowest BCUT2D eigenvalue weighted by Gasteiger charge is -2.44. The van der Waals surface area contributed by atoms with Gasteiger partial charge in [0, 0.05) is 36.8 Å². The van der Waals surface area contributed by atoms with Gasteiger partial charge < -0.3 is 19.3 Å². The Morgan fingerprint density at radius 2 is 1.96 bits per heavy atom. The number of amides is 2. The van der Waals surface area contributed by atoms with Gasteiger partial charge >= 0.3 is 6.09 Å². The molecule has 0 atom stereocenters. The third-order valence-electron chi connectivity index (χ3n) is 5.14. The number of para-hydroxylation sites is 1. The minimum atomic E-state index is -0.210. The Balaban J connectivity index is 1.34. The molecule has 2 heterocycles. The number of cyclic esters (lactones) is 1. The van der Waals surface area contributed by atoms with Crippen LogP contribution < -0.4 is 4.74 Å². The SMILES string of the molecule is CC1(C)COC(=O)N(C2CCN(C(=O)CSCCOc3ccccc3)CC2)C1. The number of ether oxygens (including phenoxy) is 2. The Labute approximate surface area is 171 Å². The van der Waals surface area contributed by atoms with Crippen molar-refractivity contribution >= 4 is 23.8 Å². The van der Waals surface area contributed by atoms with Gasteiger partial charge in [0.05, 0.1) is 19.0 Å². The van der Waals surface area contributed by atoms with Crippen LogP contribution in [0.15, 0.2) is 30.3 Å². The molecule has 1 aromatic carbocycles. The number of likely N-dealkylation sites (tertiary alicyclic amines) is 1. The molecule has 6 nitrogen and oxygen atoms in total. The molecule has 0 radical (unpaired) electrons. The van der Waals surface area contributed by atoms with E-state index in [0.29, 0.717) is 32.1 Å². The largest absolute Gasteiger partial charge is 0.493 e. The van der Waals surface area contributed by atoms with Crippen molar-refractivity contribution in [3.05, 3.63) is 30.3 Å². The summed E-state index contributed by atoms with van der Waals surface area (Å²) >= 11 is 1.60. The normalized spacial score (nSPS) is 20.0. The molecule has 28 heavy (non-hydrogen) atoms. The van der Waals surface area contributed by atoms with E-state index in [1.807, 2.05) is 40.1 Å². The second-order valence-electron chi connectivity index (χ2n) is 8.17. The molecule has 0 spiro atoms. The fraction of sp³-hybridized carbons (Fsp3) is 0.619. The van der Waals surface area contributed by atoms with Gasteiger partial charge in [-0.1, -0.05) is 32.0 Å². The standard InChI is InChI=1S/C21H30N2O4S/c1-21(2)15-23(20(25)27-16-21)17-8-10-22(11-9-17)19(24)14-28-13-12-26-18-6-4-3-5-7-18/h3-7,17H,8-16H2,1-2H3. The number of hydrogen-bond donors (Lipinski definition) is 0. The van der Waals surface area contributed by atoms with Crippen LogP contribution in [0.3, 0.4) is 0 Å². The summed E-state index contributed by atoms with van der Waals surface area (Å²) < 4.78 is 11.0. The molecule has 7 heteroatoms. The van der Waals surface area contributed by atoms with Crippen molar-refractivity contribution in [2.45, 2.75) is 32.7 Å². The smallest absolute Gasteiger partial charge is 0.410 e.